The van der Waals surface area contributed by atoms with Crippen molar-refractivity contribution in [2.24, 2.45) is 0 Å². The minimum absolute atomic E-state index is 0.0510. The van der Waals surface area contributed by atoms with E-state index in [1.54, 1.807) is 29.2 Å². The first-order chi connectivity index (χ1) is 11.6. The molecule has 24 heavy (non-hydrogen) atoms. The molecule has 2 amide bonds. The zero-order valence-electron chi connectivity index (χ0n) is 13.3. The number of urea groups is 1. The number of ether oxygens (including phenoxy) is 1. The Bertz CT molecular complexity index is 747. The first kappa shape index (κ1) is 16.1. The van der Waals surface area contributed by atoms with E-state index in [4.69, 9.17) is 4.74 Å². The maximum Gasteiger partial charge on any atom is 0.322 e. The Morgan fingerprint density at radius 3 is 2.75 bits per heavy atom. The molecule has 6 heteroatoms. The van der Waals surface area contributed by atoms with Crippen molar-refractivity contribution >= 4 is 11.7 Å². The van der Waals surface area contributed by atoms with Crippen molar-refractivity contribution in [3.8, 4) is 11.5 Å². The van der Waals surface area contributed by atoms with Gasteiger partial charge in [-0.05, 0) is 42.7 Å². The third-order valence-corrected chi connectivity index (χ3v) is 3.96. The van der Waals surface area contributed by atoms with Crippen LogP contribution in [-0.4, -0.2) is 29.2 Å². The number of benzene rings is 2. The molecule has 2 N–H and O–H groups in total. The summed E-state index contributed by atoms with van der Waals surface area (Å²) in [6.45, 7) is 0.363. The Balaban J connectivity index is 1.75. The topological polar surface area (TPSA) is 61.8 Å². The number of anilines is 1. The summed E-state index contributed by atoms with van der Waals surface area (Å²) in [5.74, 6) is -0.0549. The summed E-state index contributed by atoms with van der Waals surface area (Å²) in [7, 11) is 1.47. The van der Waals surface area contributed by atoms with Crippen molar-refractivity contribution in [2.45, 2.75) is 25.4 Å². The number of hydrogen-bond donors (Lipinski definition) is 2. The highest BCUT2D eigenvalue weighted by molar-refractivity contribution is 5.89. The van der Waals surface area contributed by atoms with E-state index in [2.05, 4.69) is 5.32 Å². The predicted molar refractivity (Wildman–Crippen MR) is 88.6 cm³/mol. The Labute approximate surface area is 139 Å². The number of rotatable bonds is 5. The number of aromatic hydroxyl groups is 1. The third-order valence-electron chi connectivity index (χ3n) is 3.96. The number of halogens is 1. The van der Waals surface area contributed by atoms with Gasteiger partial charge in [-0.2, -0.15) is 0 Å². The van der Waals surface area contributed by atoms with Gasteiger partial charge in [0.05, 0.1) is 12.8 Å². The second-order valence-corrected chi connectivity index (χ2v) is 5.78. The molecule has 1 saturated carbocycles. The summed E-state index contributed by atoms with van der Waals surface area (Å²) in [5.41, 5.74) is 0.997. The first-order valence-electron chi connectivity index (χ1n) is 7.76. The highest BCUT2D eigenvalue weighted by Gasteiger charge is 2.33. The van der Waals surface area contributed by atoms with E-state index in [1.165, 1.54) is 25.3 Å². The van der Waals surface area contributed by atoms with E-state index < -0.39 is 5.82 Å². The number of carbonyl (C=O) groups excluding carboxylic acids is 1. The van der Waals surface area contributed by atoms with Gasteiger partial charge in [0, 0.05) is 12.6 Å². The van der Waals surface area contributed by atoms with Gasteiger partial charge in [0.15, 0.2) is 11.5 Å². The number of amides is 2. The lowest BCUT2D eigenvalue weighted by molar-refractivity contribution is 0.206. The van der Waals surface area contributed by atoms with Crippen LogP contribution in [0, 0.1) is 5.82 Å². The summed E-state index contributed by atoms with van der Waals surface area (Å²) in [5, 5.41) is 12.3. The third kappa shape index (κ3) is 3.59. The van der Waals surface area contributed by atoms with Crippen molar-refractivity contribution in [2.75, 3.05) is 12.4 Å². The van der Waals surface area contributed by atoms with Gasteiger partial charge in [0.25, 0.3) is 0 Å². The molecule has 0 aromatic heterocycles. The molecule has 1 aliphatic carbocycles. The molecular formula is C18H19FN2O3. The van der Waals surface area contributed by atoms with Gasteiger partial charge in [-0.25, -0.2) is 9.18 Å². The lowest BCUT2D eigenvalue weighted by atomic mass is 10.2. The van der Waals surface area contributed by atoms with Crippen LogP contribution < -0.4 is 10.1 Å². The molecule has 0 unspecified atom stereocenters. The van der Waals surface area contributed by atoms with Crippen molar-refractivity contribution in [1.82, 2.24) is 4.90 Å². The monoisotopic (exact) mass is 330 g/mol. The summed E-state index contributed by atoms with van der Waals surface area (Å²) >= 11 is 0. The number of phenols is 1. The summed E-state index contributed by atoms with van der Waals surface area (Å²) in [6, 6.07) is 10.9. The summed E-state index contributed by atoms with van der Waals surface area (Å²) in [4.78, 5) is 14.2. The first-order valence-corrected chi connectivity index (χ1v) is 7.76. The van der Waals surface area contributed by atoms with Crippen LogP contribution in [-0.2, 0) is 6.54 Å². The van der Waals surface area contributed by atoms with E-state index in [9.17, 15) is 14.3 Å². The second kappa shape index (κ2) is 6.78. The number of nitrogens with one attached hydrogen (secondary N) is 1. The van der Waals surface area contributed by atoms with Crippen LogP contribution in [0.2, 0.25) is 0 Å². The Morgan fingerprint density at radius 2 is 2.08 bits per heavy atom. The maximum absolute atomic E-state index is 13.7. The van der Waals surface area contributed by atoms with Crippen LogP contribution in [0.5, 0.6) is 11.5 Å². The van der Waals surface area contributed by atoms with Crippen LogP contribution in [0.25, 0.3) is 0 Å². The zero-order valence-corrected chi connectivity index (χ0v) is 13.3. The van der Waals surface area contributed by atoms with Crippen LogP contribution in [0.3, 0.4) is 0 Å². The minimum atomic E-state index is -0.465. The number of hydrogen-bond acceptors (Lipinski definition) is 3. The second-order valence-electron chi connectivity index (χ2n) is 5.78. The van der Waals surface area contributed by atoms with Crippen LogP contribution >= 0.6 is 0 Å². The number of nitrogens with zero attached hydrogens (tertiary/aromatic N) is 1. The van der Waals surface area contributed by atoms with Gasteiger partial charge in [0.2, 0.25) is 0 Å². The molecule has 2 aromatic carbocycles. The Hall–Kier alpha value is -2.76. The fraction of sp³-hybridized carbons (Fsp3) is 0.278. The van der Waals surface area contributed by atoms with E-state index >= 15 is 0 Å². The highest BCUT2D eigenvalue weighted by atomic mass is 19.1. The molecule has 0 heterocycles. The van der Waals surface area contributed by atoms with Crippen molar-refractivity contribution < 1.29 is 19.0 Å². The standard InChI is InChI=1S/C18H19FN2O3/c1-24-17-10-12(6-9-16(17)22)11-21(13-7-8-13)18(23)20-15-5-3-2-4-14(15)19/h2-6,9-10,13,22H,7-8,11H2,1H3,(H,20,23). The lowest BCUT2D eigenvalue weighted by Gasteiger charge is -2.23. The molecule has 2 aromatic rings. The maximum atomic E-state index is 13.7. The molecule has 126 valence electrons. The summed E-state index contributed by atoms with van der Waals surface area (Å²) < 4.78 is 18.8. The number of para-hydroxylation sites is 1. The molecule has 3 rings (SSSR count). The van der Waals surface area contributed by atoms with Crippen molar-refractivity contribution in [3.63, 3.8) is 0 Å². The van der Waals surface area contributed by atoms with E-state index in [-0.39, 0.29) is 23.5 Å². The molecule has 0 radical (unpaired) electrons. The highest BCUT2D eigenvalue weighted by Crippen LogP contribution is 2.31. The molecule has 0 atom stereocenters. The molecule has 0 aliphatic heterocycles. The van der Waals surface area contributed by atoms with Gasteiger partial charge in [-0.1, -0.05) is 18.2 Å². The van der Waals surface area contributed by atoms with E-state index in [0.717, 1.165) is 18.4 Å². The smallest absolute Gasteiger partial charge is 0.322 e. The fourth-order valence-corrected chi connectivity index (χ4v) is 2.52. The summed E-state index contributed by atoms with van der Waals surface area (Å²) in [6.07, 6.45) is 1.86. The Morgan fingerprint density at radius 1 is 1.33 bits per heavy atom. The van der Waals surface area contributed by atoms with Crippen LogP contribution in [0.4, 0.5) is 14.9 Å². The zero-order chi connectivity index (χ0) is 17.1. The van der Waals surface area contributed by atoms with Gasteiger partial charge < -0.3 is 20.1 Å². The van der Waals surface area contributed by atoms with Gasteiger partial charge in [-0.15, -0.1) is 0 Å². The Kier molecular flexibility index (Phi) is 4.55. The van der Waals surface area contributed by atoms with E-state index in [0.29, 0.717) is 12.3 Å². The molecule has 1 fully saturated rings. The fourth-order valence-electron chi connectivity index (χ4n) is 2.52. The lowest BCUT2D eigenvalue weighted by Crippen LogP contribution is -2.36. The van der Waals surface area contributed by atoms with Crippen LogP contribution in [0.15, 0.2) is 42.5 Å². The van der Waals surface area contributed by atoms with E-state index in [1.807, 2.05) is 0 Å². The predicted octanol–water partition coefficient (Wildman–Crippen LogP) is 3.74. The largest absolute Gasteiger partial charge is 0.504 e. The molecule has 0 spiro atoms. The average Bonchev–Trinajstić information content (AvgIpc) is 3.41. The molecule has 5 nitrogen and oxygen atoms in total. The van der Waals surface area contributed by atoms with Gasteiger partial charge in [-0.3, -0.25) is 0 Å². The molecule has 0 bridgehead atoms. The van der Waals surface area contributed by atoms with Crippen LogP contribution in [0.1, 0.15) is 18.4 Å². The number of phenolic OH excluding ortho intramolecular Hbond substituents is 1. The molecule has 1 aliphatic rings. The van der Waals surface area contributed by atoms with Crippen molar-refractivity contribution in [1.29, 1.82) is 0 Å². The molecular weight excluding hydrogens is 311 g/mol. The van der Waals surface area contributed by atoms with Crippen molar-refractivity contribution in [3.05, 3.63) is 53.8 Å². The molecule has 0 saturated heterocycles. The SMILES string of the molecule is COc1cc(CN(C(=O)Nc2ccccc2F)C2CC2)ccc1O. The minimum Gasteiger partial charge on any atom is -0.504 e. The number of methoxy groups -OCH3 is 1. The normalized spacial score (nSPS) is 13.4. The quantitative estimate of drug-likeness (QED) is 0.878. The number of carbonyl (C=O) groups is 1. The van der Waals surface area contributed by atoms with Gasteiger partial charge >= 0.3 is 6.03 Å². The average molecular weight is 330 g/mol. The van der Waals surface area contributed by atoms with Gasteiger partial charge in [0.1, 0.15) is 5.82 Å².